The quantitative estimate of drug-likeness (QED) is 0.743. The van der Waals surface area contributed by atoms with Crippen molar-refractivity contribution in [3.05, 3.63) is 47.2 Å². The van der Waals surface area contributed by atoms with Crippen molar-refractivity contribution in [2.45, 2.75) is 26.2 Å². The van der Waals surface area contributed by atoms with E-state index in [9.17, 15) is 4.79 Å². The summed E-state index contributed by atoms with van der Waals surface area (Å²) >= 11 is 0. The number of aryl methyl sites for hydroxylation is 1. The van der Waals surface area contributed by atoms with Crippen molar-refractivity contribution in [2.75, 3.05) is 12.3 Å². The Morgan fingerprint density at radius 3 is 2.75 bits per heavy atom. The molecule has 122 valence electrons. The molecule has 0 aliphatic heterocycles. The molecule has 0 atom stereocenters. The van der Waals surface area contributed by atoms with Crippen LogP contribution in [0.2, 0.25) is 0 Å². The molecule has 0 radical (unpaired) electrons. The van der Waals surface area contributed by atoms with Crippen LogP contribution in [0.4, 0.5) is 5.69 Å². The average molecular weight is 322 g/mol. The molecule has 0 unspecified atom stereocenters. The summed E-state index contributed by atoms with van der Waals surface area (Å²) in [4.78, 5) is 16.8. The highest BCUT2D eigenvalue weighted by atomic mass is 16.5. The lowest BCUT2D eigenvalue weighted by atomic mass is 10.0. The van der Waals surface area contributed by atoms with Gasteiger partial charge in [0, 0.05) is 5.56 Å². The van der Waals surface area contributed by atoms with E-state index >= 15 is 0 Å². The van der Waals surface area contributed by atoms with E-state index in [0.717, 1.165) is 41.5 Å². The summed E-state index contributed by atoms with van der Waals surface area (Å²) in [5.41, 5.74) is 11.3. The summed E-state index contributed by atoms with van der Waals surface area (Å²) in [5.74, 6) is -0.486. The summed E-state index contributed by atoms with van der Waals surface area (Å²) in [6, 6.07) is 10.0. The van der Waals surface area contributed by atoms with Crippen molar-refractivity contribution >= 4 is 22.8 Å². The normalized spacial score (nSPS) is 13.2. The minimum Gasteiger partial charge on any atom is -0.460 e. The molecule has 1 aliphatic rings. The zero-order valence-corrected chi connectivity index (χ0v) is 13.5. The Hall–Kier alpha value is -2.82. The fraction of sp³-hybridized carbons (Fsp3) is 0.263. The maximum absolute atomic E-state index is 12.1. The van der Waals surface area contributed by atoms with Crippen LogP contribution in [0, 0.1) is 0 Å². The van der Waals surface area contributed by atoms with Crippen molar-refractivity contribution in [3.63, 3.8) is 0 Å². The summed E-state index contributed by atoms with van der Waals surface area (Å²) < 4.78 is 10.7. The maximum atomic E-state index is 12.1. The number of fused-ring (bicyclic) bond motifs is 3. The highest BCUT2D eigenvalue weighted by Gasteiger charge is 2.28. The van der Waals surface area contributed by atoms with E-state index < -0.39 is 5.97 Å². The molecule has 1 aromatic carbocycles. The van der Waals surface area contributed by atoms with Crippen LogP contribution in [0.3, 0.4) is 0 Å². The molecule has 2 N–H and O–H groups in total. The number of anilines is 1. The van der Waals surface area contributed by atoms with Gasteiger partial charge in [-0.25, -0.2) is 9.78 Å². The van der Waals surface area contributed by atoms with Crippen molar-refractivity contribution in [3.8, 4) is 11.3 Å². The molecule has 5 nitrogen and oxygen atoms in total. The predicted octanol–water partition coefficient (Wildman–Crippen LogP) is 3.74. The monoisotopic (exact) mass is 322 g/mol. The molecular formula is C19H18N2O3. The van der Waals surface area contributed by atoms with Crippen LogP contribution in [-0.2, 0) is 17.6 Å². The summed E-state index contributed by atoms with van der Waals surface area (Å²) in [6.45, 7) is 2.02. The Bertz CT molecular complexity index is 929. The van der Waals surface area contributed by atoms with Gasteiger partial charge < -0.3 is 14.9 Å². The van der Waals surface area contributed by atoms with E-state index in [1.807, 2.05) is 30.3 Å². The number of nitrogens with two attached hydrogens (primary N) is 1. The third-order valence-corrected chi connectivity index (χ3v) is 4.45. The minimum absolute atomic E-state index is 0.0543. The van der Waals surface area contributed by atoms with Crippen LogP contribution in [0.25, 0.3) is 22.4 Å². The number of nitrogens with zero attached hydrogens (tertiary/aromatic N) is 1. The van der Waals surface area contributed by atoms with Crippen LogP contribution < -0.4 is 5.73 Å². The molecule has 1 aliphatic carbocycles. The number of esters is 1. The van der Waals surface area contributed by atoms with Gasteiger partial charge >= 0.3 is 5.97 Å². The maximum Gasteiger partial charge on any atom is 0.376 e. The number of carbonyl (C=O) groups is 1. The number of hydrogen-bond acceptors (Lipinski definition) is 5. The predicted molar refractivity (Wildman–Crippen MR) is 91.8 cm³/mol. The van der Waals surface area contributed by atoms with E-state index in [1.165, 1.54) is 5.56 Å². The SMILES string of the molecule is CCOC(=O)c1oc2nc(-c3ccccc3)c3c(c2c1N)CCC3. The number of hydrogen-bond donors (Lipinski definition) is 1. The smallest absolute Gasteiger partial charge is 0.376 e. The number of pyridine rings is 1. The number of aromatic nitrogens is 1. The van der Waals surface area contributed by atoms with Crippen molar-refractivity contribution < 1.29 is 13.9 Å². The van der Waals surface area contributed by atoms with Crippen LogP contribution in [0.15, 0.2) is 34.7 Å². The molecule has 5 heteroatoms. The largest absolute Gasteiger partial charge is 0.460 e. The second-order valence-corrected chi connectivity index (χ2v) is 5.88. The van der Waals surface area contributed by atoms with Gasteiger partial charge in [0.15, 0.2) is 0 Å². The zero-order chi connectivity index (χ0) is 16.7. The van der Waals surface area contributed by atoms with Gasteiger partial charge in [-0.05, 0) is 37.3 Å². The first-order chi connectivity index (χ1) is 11.7. The first kappa shape index (κ1) is 14.8. The van der Waals surface area contributed by atoms with Gasteiger partial charge in [-0.15, -0.1) is 0 Å². The molecule has 3 aromatic rings. The Morgan fingerprint density at radius 2 is 2.00 bits per heavy atom. The van der Waals surface area contributed by atoms with Crippen LogP contribution >= 0.6 is 0 Å². The molecular weight excluding hydrogens is 304 g/mol. The summed E-state index contributed by atoms with van der Waals surface area (Å²) in [6.07, 6.45) is 2.93. The molecule has 0 saturated heterocycles. The summed E-state index contributed by atoms with van der Waals surface area (Å²) in [7, 11) is 0. The van der Waals surface area contributed by atoms with E-state index in [-0.39, 0.29) is 12.4 Å². The van der Waals surface area contributed by atoms with Crippen molar-refractivity contribution in [1.29, 1.82) is 0 Å². The van der Waals surface area contributed by atoms with Gasteiger partial charge in [0.05, 0.1) is 23.4 Å². The number of rotatable bonds is 3. The third-order valence-electron chi connectivity index (χ3n) is 4.45. The highest BCUT2D eigenvalue weighted by Crippen LogP contribution is 2.40. The summed E-state index contributed by atoms with van der Waals surface area (Å²) in [5, 5.41) is 0.769. The van der Waals surface area contributed by atoms with E-state index in [2.05, 4.69) is 4.98 Å². The van der Waals surface area contributed by atoms with E-state index in [4.69, 9.17) is 14.9 Å². The minimum atomic E-state index is -0.541. The topological polar surface area (TPSA) is 78.3 Å². The molecule has 0 spiro atoms. The van der Waals surface area contributed by atoms with Gasteiger partial charge in [0.25, 0.3) is 0 Å². The molecule has 4 rings (SSSR count). The Kier molecular flexibility index (Phi) is 3.49. The fourth-order valence-electron chi connectivity index (χ4n) is 3.43. The molecule has 24 heavy (non-hydrogen) atoms. The van der Waals surface area contributed by atoms with Crippen LogP contribution in [0.1, 0.15) is 35.0 Å². The molecule has 2 heterocycles. The number of nitrogen functional groups attached to an aromatic ring is 1. The van der Waals surface area contributed by atoms with Gasteiger partial charge in [0.1, 0.15) is 0 Å². The molecule has 0 bridgehead atoms. The number of furan rings is 1. The van der Waals surface area contributed by atoms with Crippen LogP contribution in [0.5, 0.6) is 0 Å². The lowest BCUT2D eigenvalue weighted by Gasteiger charge is -2.08. The lowest BCUT2D eigenvalue weighted by molar-refractivity contribution is 0.0494. The number of benzene rings is 1. The van der Waals surface area contributed by atoms with Gasteiger partial charge in [-0.2, -0.15) is 0 Å². The number of ether oxygens (including phenoxy) is 1. The van der Waals surface area contributed by atoms with Gasteiger partial charge in [-0.3, -0.25) is 0 Å². The number of carbonyl (C=O) groups excluding carboxylic acids is 1. The van der Waals surface area contributed by atoms with Crippen molar-refractivity contribution in [2.24, 2.45) is 0 Å². The van der Waals surface area contributed by atoms with Crippen molar-refractivity contribution in [1.82, 2.24) is 4.98 Å². The molecule has 0 amide bonds. The third kappa shape index (κ3) is 2.16. The Morgan fingerprint density at radius 1 is 1.25 bits per heavy atom. The first-order valence-electron chi connectivity index (χ1n) is 8.17. The Balaban J connectivity index is 1.97. The highest BCUT2D eigenvalue weighted by molar-refractivity contribution is 6.04. The molecule has 2 aromatic heterocycles. The zero-order valence-electron chi connectivity index (χ0n) is 13.5. The lowest BCUT2D eigenvalue weighted by Crippen LogP contribution is -2.05. The second kappa shape index (κ2) is 5.67. The van der Waals surface area contributed by atoms with Gasteiger partial charge in [0.2, 0.25) is 11.5 Å². The molecule has 0 saturated carbocycles. The first-order valence-corrected chi connectivity index (χ1v) is 8.17. The fourth-order valence-corrected chi connectivity index (χ4v) is 3.43. The Labute approximate surface area is 139 Å². The molecule has 0 fully saturated rings. The second-order valence-electron chi connectivity index (χ2n) is 5.88. The van der Waals surface area contributed by atoms with Crippen LogP contribution in [-0.4, -0.2) is 17.6 Å². The van der Waals surface area contributed by atoms with Gasteiger partial charge in [-0.1, -0.05) is 30.3 Å². The van der Waals surface area contributed by atoms with E-state index in [0.29, 0.717) is 11.4 Å². The average Bonchev–Trinajstić information content (AvgIpc) is 3.19. The van der Waals surface area contributed by atoms with E-state index in [1.54, 1.807) is 6.92 Å². The standard InChI is InChI=1S/C19H18N2O3/c1-2-23-19(22)17-15(20)14-12-9-6-10-13(12)16(21-18(14)24-17)11-7-4-3-5-8-11/h3-5,7-8H,2,6,9-10,20H2,1H3.